The molecule has 2 atom stereocenters. The second-order valence-corrected chi connectivity index (χ2v) is 8.81. The molecular weight excluding hydrogens is 448 g/mol. The van der Waals surface area contributed by atoms with Crippen molar-refractivity contribution in [3.05, 3.63) is 98.6 Å². The monoisotopic (exact) mass is 476 g/mol. The number of nitrogens with one attached hydrogen (secondary N) is 1. The van der Waals surface area contributed by atoms with Gasteiger partial charge in [-0.3, -0.25) is 10.1 Å². The molecule has 1 amide bonds. The molecule has 2 unspecified atom stereocenters. The molecule has 3 aromatic carbocycles. The molecular formula is C27H28N2O6. The van der Waals surface area contributed by atoms with Gasteiger partial charge in [-0.2, -0.15) is 0 Å². The molecule has 0 saturated carbocycles. The van der Waals surface area contributed by atoms with E-state index in [0.29, 0.717) is 11.1 Å². The number of rotatable bonds is 8. The van der Waals surface area contributed by atoms with Crippen molar-refractivity contribution in [1.29, 1.82) is 0 Å². The van der Waals surface area contributed by atoms with Crippen LogP contribution in [-0.4, -0.2) is 40.5 Å². The number of carbonyl (C=O) groups is 1. The predicted octanol–water partition coefficient (Wildman–Crippen LogP) is 4.53. The minimum atomic E-state index is -1.32. The molecule has 0 radical (unpaired) electrons. The number of carbonyl (C=O) groups excluding carboxylic acids is 1. The Morgan fingerprint density at radius 3 is 2.23 bits per heavy atom. The van der Waals surface area contributed by atoms with E-state index in [4.69, 9.17) is 4.74 Å². The lowest BCUT2D eigenvalue weighted by molar-refractivity contribution is -0.385. The van der Waals surface area contributed by atoms with Crippen molar-refractivity contribution in [3.8, 4) is 11.1 Å². The quantitative estimate of drug-likeness (QED) is 0.324. The summed E-state index contributed by atoms with van der Waals surface area (Å²) in [6.07, 6.45) is -3.11. The zero-order chi connectivity index (χ0) is 25.1. The SMILES string of the molecule is Cc1cc(C)c([N+](=O)[O-])cc1C(O)C(O)CCNC(=O)OCC1c2ccccc2-c2ccccc21. The average molecular weight is 477 g/mol. The number of aryl methyl sites for hydroxylation is 2. The third kappa shape index (κ3) is 5.03. The molecule has 182 valence electrons. The predicted molar refractivity (Wildman–Crippen MR) is 131 cm³/mol. The maximum Gasteiger partial charge on any atom is 0.407 e. The van der Waals surface area contributed by atoms with Crippen LogP contribution < -0.4 is 5.32 Å². The first kappa shape index (κ1) is 24.4. The number of aliphatic hydroxyl groups excluding tert-OH is 2. The summed E-state index contributed by atoms with van der Waals surface area (Å²) in [6.45, 7) is 3.59. The van der Waals surface area contributed by atoms with E-state index in [1.54, 1.807) is 19.9 Å². The van der Waals surface area contributed by atoms with Crippen LogP contribution in [0.4, 0.5) is 10.5 Å². The van der Waals surface area contributed by atoms with Crippen molar-refractivity contribution in [3.63, 3.8) is 0 Å². The van der Waals surface area contributed by atoms with Crippen molar-refractivity contribution in [2.24, 2.45) is 0 Å². The molecule has 4 rings (SSSR count). The van der Waals surface area contributed by atoms with E-state index < -0.39 is 23.2 Å². The van der Waals surface area contributed by atoms with Crippen molar-refractivity contribution >= 4 is 11.8 Å². The van der Waals surface area contributed by atoms with Gasteiger partial charge in [0.05, 0.1) is 11.0 Å². The molecule has 35 heavy (non-hydrogen) atoms. The van der Waals surface area contributed by atoms with E-state index in [0.717, 1.165) is 22.3 Å². The first-order valence-corrected chi connectivity index (χ1v) is 11.5. The van der Waals surface area contributed by atoms with Crippen LogP contribution in [0, 0.1) is 24.0 Å². The maximum absolute atomic E-state index is 12.3. The largest absolute Gasteiger partial charge is 0.449 e. The molecule has 8 nitrogen and oxygen atoms in total. The van der Waals surface area contributed by atoms with Gasteiger partial charge in [0, 0.05) is 24.1 Å². The van der Waals surface area contributed by atoms with Crippen molar-refractivity contribution in [2.45, 2.75) is 38.4 Å². The molecule has 1 aliphatic rings. The molecule has 8 heteroatoms. The van der Waals surface area contributed by atoms with E-state index in [9.17, 15) is 25.1 Å². The number of ether oxygens (including phenoxy) is 1. The number of aliphatic hydroxyl groups is 2. The standard InChI is InChI=1S/C27H28N2O6/c1-16-13-17(2)24(29(33)34)14-22(16)26(31)25(30)11-12-28-27(32)35-15-23-20-9-5-3-7-18(20)19-8-4-6-10-21(19)23/h3-10,13-14,23,25-26,30-31H,11-12,15H2,1-2H3,(H,28,32). The fourth-order valence-electron chi connectivity index (χ4n) is 4.71. The van der Waals surface area contributed by atoms with Gasteiger partial charge in [-0.1, -0.05) is 48.5 Å². The maximum atomic E-state index is 12.3. The second kappa shape index (κ2) is 10.2. The normalized spacial score (nSPS) is 14.1. The fourth-order valence-corrected chi connectivity index (χ4v) is 4.71. The smallest absolute Gasteiger partial charge is 0.407 e. The van der Waals surface area contributed by atoms with Gasteiger partial charge in [0.25, 0.3) is 5.69 Å². The summed E-state index contributed by atoms with van der Waals surface area (Å²) >= 11 is 0. The number of benzene rings is 3. The van der Waals surface area contributed by atoms with Gasteiger partial charge in [-0.25, -0.2) is 4.79 Å². The highest BCUT2D eigenvalue weighted by Crippen LogP contribution is 2.44. The highest BCUT2D eigenvalue weighted by atomic mass is 16.6. The molecule has 0 bridgehead atoms. The first-order chi connectivity index (χ1) is 16.8. The number of fused-ring (bicyclic) bond motifs is 3. The Kier molecular flexibility index (Phi) is 7.14. The molecule has 0 heterocycles. The zero-order valence-electron chi connectivity index (χ0n) is 19.6. The van der Waals surface area contributed by atoms with Crippen molar-refractivity contribution in [1.82, 2.24) is 5.32 Å². The van der Waals surface area contributed by atoms with Crippen LogP contribution in [0.1, 0.15) is 46.3 Å². The Hall–Kier alpha value is -3.75. The van der Waals surface area contributed by atoms with Crippen LogP contribution in [0.2, 0.25) is 0 Å². The zero-order valence-corrected chi connectivity index (χ0v) is 19.6. The van der Waals surface area contributed by atoms with Gasteiger partial charge in [0.1, 0.15) is 12.7 Å². The number of nitro benzene ring substituents is 1. The van der Waals surface area contributed by atoms with Crippen LogP contribution >= 0.6 is 0 Å². The Labute approximate surface area is 203 Å². The Bertz CT molecular complexity index is 1210. The highest BCUT2D eigenvalue weighted by molar-refractivity contribution is 5.79. The summed E-state index contributed by atoms with van der Waals surface area (Å²) in [6, 6.07) is 19.0. The summed E-state index contributed by atoms with van der Waals surface area (Å²) in [5, 5.41) is 34.8. The third-order valence-electron chi connectivity index (χ3n) is 6.52. The van der Waals surface area contributed by atoms with Crippen LogP contribution in [0.3, 0.4) is 0 Å². The van der Waals surface area contributed by atoms with E-state index in [2.05, 4.69) is 17.4 Å². The van der Waals surface area contributed by atoms with Crippen LogP contribution in [-0.2, 0) is 4.74 Å². The van der Waals surface area contributed by atoms with E-state index in [1.807, 2.05) is 36.4 Å². The number of hydrogen-bond acceptors (Lipinski definition) is 6. The lowest BCUT2D eigenvalue weighted by Gasteiger charge is -2.20. The van der Waals surface area contributed by atoms with Crippen LogP contribution in [0.5, 0.6) is 0 Å². The number of nitro groups is 1. The van der Waals surface area contributed by atoms with Gasteiger partial charge in [0.2, 0.25) is 0 Å². The number of nitrogens with zero attached hydrogens (tertiary/aromatic N) is 1. The van der Waals surface area contributed by atoms with Crippen molar-refractivity contribution < 1.29 is 24.7 Å². The molecule has 0 spiro atoms. The molecule has 0 fully saturated rings. The van der Waals surface area contributed by atoms with Gasteiger partial charge < -0.3 is 20.3 Å². The first-order valence-electron chi connectivity index (χ1n) is 11.5. The fraction of sp³-hybridized carbons (Fsp3) is 0.296. The lowest BCUT2D eigenvalue weighted by Crippen LogP contribution is -2.30. The van der Waals surface area contributed by atoms with Crippen molar-refractivity contribution in [2.75, 3.05) is 13.2 Å². The van der Waals surface area contributed by atoms with Gasteiger partial charge >= 0.3 is 6.09 Å². The Morgan fingerprint density at radius 2 is 1.63 bits per heavy atom. The van der Waals surface area contributed by atoms with Gasteiger partial charge in [-0.15, -0.1) is 0 Å². The molecule has 0 aliphatic heterocycles. The third-order valence-corrected chi connectivity index (χ3v) is 6.52. The number of alkyl carbamates (subject to hydrolysis) is 1. The average Bonchev–Trinajstić information content (AvgIpc) is 3.16. The summed E-state index contributed by atoms with van der Waals surface area (Å²) in [4.78, 5) is 23.0. The van der Waals surface area contributed by atoms with Gasteiger partial charge in [0.15, 0.2) is 0 Å². The van der Waals surface area contributed by atoms with E-state index >= 15 is 0 Å². The molecule has 1 aliphatic carbocycles. The highest BCUT2D eigenvalue weighted by Gasteiger charge is 2.29. The molecule has 0 aromatic heterocycles. The Morgan fingerprint density at radius 1 is 1.03 bits per heavy atom. The van der Waals surface area contributed by atoms with Crippen LogP contribution in [0.25, 0.3) is 11.1 Å². The van der Waals surface area contributed by atoms with E-state index in [-0.39, 0.29) is 36.7 Å². The summed E-state index contributed by atoms with van der Waals surface area (Å²) < 4.78 is 5.47. The summed E-state index contributed by atoms with van der Waals surface area (Å²) in [5.74, 6) is -0.0548. The molecule has 3 aromatic rings. The summed E-state index contributed by atoms with van der Waals surface area (Å²) in [5.41, 5.74) is 5.80. The Balaban J connectivity index is 1.31. The van der Waals surface area contributed by atoms with Gasteiger partial charge in [-0.05, 0) is 59.7 Å². The molecule has 0 saturated heterocycles. The molecule has 3 N–H and O–H groups in total. The number of hydrogen-bond donors (Lipinski definition) is 3. The second-order valence-electron chi connectivity index (χ2n) is 8.81. The summed E-state index contributed by atoms with van der Waals surface area (Å²) in [7, 11) is 0. The lowest BCUT2D eigenvalue weighted by atomic mass is 9.95. The van der Waals surface area contributed by atoms with Crippen LogP contribution in [0.15, 0.2) is 60.7 Å². The van der Waals surface area contributed by atoms with E-state index in [1.165, 1.54) is 6.07 Å². The minimum absolute atomic E-state index is 0.0481. The number of amides is 1. The minimum Gasteiger partial charge on any atom is -0.449 e. The topological polar surface area (TPSA) is 122 Å².